The Hall–Kier alpha value is -2.73. The van der Waals surface area contributed by atoms with Gasteiger partial charge < -0.3 is 39.2 Å². The molecular weight excluding hydrogens is 481 g/mol. The number of rotatable bonds is 10. The van der Waals surface area contributed by atoms with Crippen molar-refractivity contribution in [3.63, 3.8) is 0 Å². The van der Waals surface area contributed by atoms with E-state index in [2.05, 4.69) is 50.1 Å². The van der Waals surface area contributed by atoms with Gasteiger partial charge in [0.25, 0.3) is 5.84 Å². The van der Waals surface area contributed by atoms with Crippen molar-refractivity contribution < 1.29 is 44.2 Å². The number of halogens is 2. The number of hydrogen-bond donors (Lipinski definition) is 3. The molecule has 0 radical (unpaired) electrons. The summed E-state index contributed by atoms with van der Waals surface area (Å²) in [4.78, 5) is 5.07. The molecule has 3 N–H and O–H groups in total. The molecule has 190 valence electrons. The third-order valence-corrected chi connectivity index (χ3v) is 5.69. The maximum atomic E-state index is 6.02. The summed E-state index contributed by atoms with van der Waals surface area (Å²) in [6.45, 7) is 10.7. The maximum absolute atomic E-state index is 6.02. The average molecular weight is 519 g/mol. The zero-order valence-electron chi connectivity index (χ0n) is 21.1. The molecule has 5 nitrogen and oxygen atoms in total. The Balaban J connectivity index is 0.00000306. The standard InChI is InChI=1S/C28H35N3O2.2ClH/c1-21(2)31(22(3)4)19-20-33-27-17-13-25(14-18-27)30-28(23-9-7-6-8-10-23)29-24-11-15-26(32-5)16-12-24;;/h6-18,21-22H,19-20H2,1-5H3,(H,29,30);2*1H. The van der Waals surface area contributed by atoms with Crippen LogP contribution in [0.15, 0.2) is 78.9 Å². The fourth-order valence-corrected chi connectivity index (χ4v) is 3.91. The molecule has 0 heterocycles. The Morgan fingerprint density at radius 1 is 0.800 bits per heavy atom. The van der Waals surface area contributed by atoms with Crippen LogP contribution in [-0.2, 0) is 0 Å². The Morgan fingerprint density at radius 3 is 1.91 bits per heavy atom. The number of ether oxygens (including phenoxy) is 2. The molecule has 0 fully saturated rings. The maximum Gasteiger partial charge on any atom is 0.285 e. The number of amidine groups is 1. The first-order valence-electron chi connectivity index (χ1n) is 11.6. The molecule has 3 rings (SSSR count). The number of benzene rings is 3. The minimum atomic E-state index is 0. The lowest BCUT2D eigenvalue weighted by Crippen LogP contribution is -3.18. The van der Waals surface area contributed by atoms with E-state index >= 15 is 0 Å². The highest BCUT2D eigenvalue weighted by atomic mass is 35.5. The van der Waals surface area contributed by atoms with Gasteiger partial charge in [0.15, 0.2) is 0 Å². The Kier molecular flexibility index (Phi) is 13.2. The molecule has 0 aliphatic heterocycles. The predicted molar refractivity (Wildman–Crippen MR) is 136 cm³/mol. The highest BCUT2D eigenvalue weighted by Crippen LogP contribution is 2.16. The molecule has 3 aromatic carbocycles. The lowest BCUT2D eigenvalue weighted by atomic mass is 10.2. The SMILES string of the molecule is COc1ccc(NC(=[NH+]c2ccc(OCC[NH+](C(C)C)C(C)C)cc2)c2ccccc2)cc1.[Cl-].[Cl-]. The second-order valence-corrected chi connectivity index (χ2v) is 8.73. The molecule has 0 amide bonds. The number of quaternary nitrogens is 1. The van der Waals surface area contributed by atoms with Crippen LogP contribution in [0.2, 0.25) is 0 Å². The molecule has 35 heavy (non-hydrogen) atoms. The summed E-state index contributed by atoms with van der Waals surface area (Å²) in [6.07, 6.45) is 0. The van der Waals surface area contributed by atoms with Crippen molar-refractivity contribution in [3.05, 3.63) is 84.4 Å². The van der Waals surface area contributed by atoms with Crippen molar-refractivity contribution in [3.8, 4) is 11.5 Å². The molecule has 0 bridgehead atoms. The van der Waals surface area contributed by atoms with Crippen LogP contribution in [0.1, 0.15) is 33.3 Å². The van der Waals surface area contributed by atoms with Crippen LogP contribution in [0.5, 0.6) is 11.5 Å². The van der Waals surface area contributed by atoms with Gasteiger partial charge in [0, 0.05) is 0 Å². The number of hydrogen-bond acceptors (Lipinski definition) is 2. The van der Waals surface area contributed by atoms with Gasteiger partial charge in [-0.25, -0.2) is 10.3 Å². The quantitative estimate of drug-likeness (QED) is 0.199. The van der Waals surface area contributed by atoms with Crippen LogP contribution >= 0.6 is 0 Å². The van der Waals surface area contributed by atoms with E-state index in [0.29, 0.717) is 18.7 Å². The van der Waals surface area contributed by atoms with Gasteiger partial charge in [-0.05, 0) is 88.4 Å². The molecule has 0 saturated heterocycles. The lowest BCUT2D eigenvalue weighted by Gasteiger charge is -2.27. The highest BCUT2D eigenvalue weighted by Gasteiger charge is 2.17. The topological polar surface area (TPSA) is 48.9 Å². The fourth-order valence-electron chi connectivity index (χ4n) is 3.91. The number of anilines is 1. The third-order valence-electron chi connectivity index (χ3n) is 5.69. The molecule has 0 atom stereocenters. The second-order valence-electron chi connectivity index (χ2n) is 8.73. The van der Waals surface area contributed by atoms with Crippen LogP contribution in [0.4, 0.5) is 11.4 Å². The van der Waals surface area contributed by atoms with Gasteiger partial charge in [0.2, 0.25) is 0 Å². The summed E-state index contributed by atoms with van der Waals surface area (Å²) in [7, 11) is 1.67. The van der Waals surface area contributed by atoms with Gasteiger partial charge in [-0.1, -0.05) is 18.2 Å². The van der Waals surface area contributed by atoms with E-state index < -0.39 is 0 Å². The second kappa shape index (κ2) is 15.3. The van der Waals surface area contributed by atoms with Gasteiger partial charge in [-0.15, -0.1) is 0 Å². The van der Waals surface area contributed by atoms with Crippen molar-refractivity contribution in [1.29, 1.82) is 0 Å². The van der Waals surface area contributed by atoms with Crippen LogP contribution in [0.3, 0.4) is 0 Å². The summed E-state index contributed by atoms with van der Waals surface area (Å²) < 4.78 is 11.3. The van der Waals surface area contributed by atoms with Crippen molar-refractivity contribution in [2.24, 2.45) is 0 Å². The van der Waals surface area contributed by atoms with Gasteiger partial charge in [-0.2, -0.15) is 0 Å². The predicted octanol–water partition coefficient (Wildman–Crippen LogP) is -2.95. The smallest absolute Gasteiger partial charge is 0.285 e. The molecule has 0 aliphatic carbocycles. The third kappa shape index (κ3) is 9.44. The van der Waals surface area contributed by atoms with Crippen molar-refractivity contribution >= 4 is 17.2 Å². The summed E-state index contributed by atoms with van der Waals surface area (Å²) in [6, 6.07) is 27.4. The molecule has 0 aliphatic rings. The summed E-state index contributed by atoms with van der Waals surface area (Å²) in [5, 5.41) is 3.49. The van der Waals surface area contributed by atoms with Crippen LogP contribution < -0.4 is 49.5 Å². The zero-order valence-corrected chi connectivity index (χ0v) is 22.7. The fraction of sp³-hybridized carbons (Fsp3) is 0.321. The van der Waals surface area contributed by atoms with E-state index in [9.17, 15) is 0 Å². The van der Waals surface area contributed by atoms with Crippen LogP contribution in [-0.4, -0.2) is 38.2 Å². The lowest BCUT2D eigenvalue weighted by molar-refractivity contribution is -0.942. The normalized spacial score (nSPS) is 11.1. The zero-order chi connectivity index (χ0) is 23.6. The summed E-state index contributed by atoms with van der Waals surface area (Å²) >= 11 is 0. The van der Waals surface area contributed by atoms with E-state index in [1.54, 1.807) is 12.0 Å². The van der Waals surface area contributed by atoms with E-state index in [1.165, 1.54) is 0 Å². The number of nitrogens with one attached hydrogen (secondary N) is 3. The Labute approximate surface area is 222 Å². The molecule has 0 saturated carbocycles. The molecule has 0 unspecified atom stereocenters. The van der Waals surface area contributed by atoms with Crippen molar-refractivity contribution in [2.75, 3.05) is 25.6 Å². The van der Waals surface area contributed by atoms with Gasteiger partial charge in [-0.3, -0.25) is 0 Å². The van der Waals surface area contributed by atoms with E-state index in [-0.39, 0.29) is 24.8 Å². The summed E-state index contributed by atoms with van der Waals surface area (Å²) in [5.74, 6) is 2.62. The van der Waals surface area contributed by atoms with Crippen molar-refractivity contribution in [2.45, 2.75) is 39.8 Å². The largest absolute Gasteiger partial charge is 1.00 e. The first-order valence-corrected chi connectivity index (χ1v) is 11.6. The van der Waals surface area contributed by atoms with Crippen LogP contribution in [0.25, 0.3) is 0 Å². The van der Waals surface area contributed by atoms with E-state index in [4.69, 9.17) is 9.47 Å². The molecule has 3 aromatic rings. The van der Waals surface area contributed by atoms with Crippen LogP contribution in [0, 0.1) is 0 Å². The molecule has 0 spiro atoms. The molecule has 0 aromatic heterocycles. The van der Waals surface area contributed by atoms with Gasteiger partial charge in [0.1, 0.15) is 36.0 Å². The Morgan fingerprint density at radius 2 is 1.37 bits per heavy atom. The minimum Gasteiger partial charge on any atom is -1.00 e. The first kappa shape index (κ1) is 30.3. The van der Waals surface area contributed by atoms with E-state index in [1.807, 2.05) is 66.7 Å². The highest BCUT2D eigenvalue weighted by molar-refractivity contribution is 6.04. The first-order chi connectivity index (χ1) is 16.0. The van der Waals surface area contributed by atoms with Gasteiger partial charge in [0.05, 0.1) is 24.8 Å². The van der Waals surface area contributed by atoms with Gasteiger partial charge >= 0.3 is 0 Å². The summed E-state index contributed by atoms with van der Waals surface area (Å²) in [5.41, 5.74) is 3.03. The van der Waals surface area contributed by atoms with Crippen molar-refractivity contribution in [1.82, 2.24) is 0 Å². The van der Waals surface area contributed by atoms with E-state index in [0.717, 1.165) is 40.8 Å². The molecule has 7 heteroatoms. The Bertz CT molecular complexity index is 1000. The molecular formula is C28H37Cl2N3O2. The minimum absolute atomic E-state index is 0. The monoisotopic (exact) mass is 517 g/mol. The average Bonchev–Trinajstić information content (AvgIpc) is 2.83. The number of methoxy groups -OCH3 is 1.